The quantitative estimate of drug-likeness (QED) is 0.835. The first-order chi connectivity index (χ1) is 11.2. The van der Waals surface area contributed by atoms with Gasteiger partial charge in [0.15, 0.2) is 0 Å². The maximum atomic E-state index is 11.0. The smallest absolute Gasteiger partial charge is 0.138 e. The molecule has 0 aromatic heterocycles. The Morgan fingerprint density at radius 1 is 1.04 bits per heavy atom. The maximum absolute atomic E-state index is 11.0. The molecule has 0 saturated heterocycles. The monoisotopic (exact) mass is 347 g/mol. The van der Waals surface area contributed by atoms with Gasteiger partial charge in [0.2, 0.25) is 0 Å². The molecule has 0 unspecified atom stereocenters. The Balaban J connectivity index is 0.00000288. The summed E-state index contributed by atoms with van der Waals surface area (Å²) < 4.78 is 0. The molecule has 0 aliphatic heterocycles. The summed E-state index contributed by atoms with van der Waals surface area (Å²) in [6.45, 7) is 7.11. The fourth-order valence-corrected chi connectivity index (χ4v) is 2.78. The lowest BCUT2D eigenvalue weighted by Crippen LogP contribution is -2.30. The number of amides is 1. The van der Waals surface area contributed by atoms with E-state index in [0.717, 1.165) is 42.7 Å². The first-order valence-electron chi connectivity index (χ1n) is 8.03. The Morgan fingerprint density at radius 3 is 2.29 bits per heavy atom. The maximum Gasteiger partial charge on any atom is 0.138 e. The SMILES string of the molecule is CCN(CC)CCc1c(NC(=O)[O-])cccc1-c1ccccc1.Cl. The van der Waals surface area contributed by atoms with E-state index in [1.165, 1.54) is 0 Å². The van der Waals surface area contributed by atoms with Crippen LogP contribution < -0.4 is 10.4 Å². The number of hydrogen-bond acceptors (Lipinski definition) is 3. The van der Waals surface area contributed by atoms with Gasteiger partial charge in [-0.15, -0.1) is 12.4 Å². The molecule has 0 radical (unpaired) electrons. The number of nitrogens with zero attached hydrogens (tertiary/aromatic N) is 1. The summed E-state index contributed by atoms with van der Waals surface area (Å²) >= 11 is 0. The molecule has 0 bridgehead atoms. The third-order valence-electron chi connectivity index (χ3n) is 4.07. The van der Waals surface area contributed by atoms with Crippen LogP contribution in [0.5, 0.6) is 0 Å². The van der Waals surface area contributed by atoms with Gasteiger partial charge in [0.05, 0.1) is 0 Å². The molecule has 0 saturated carbocycles. The van der Waals surface area contributed by atoms with Crippen LogP contribution in [0.15, 0.2) is 48.5 Å². The third kappa shape index (κ3) is 5.25. The molecule has 24 heavy (non-hydrogen) atoms. The molecule has 0 spiro atoms. The number of nitrogens with one attached hydrogen (secondary N) is 1. The van der Waals surface area contributed by atoms with Crippen LogP contribution in [-0.2, 0) is 6.42 Å². The predicted octanol–water partition coefficient (Wildman–Crippen LogP) is 3.41. The molecule has 0 fully saturated rings. The minimum Gasteiger partial charge on any atom is -0.530 e. The first kappa shape index (κ1) is 20.0. The second-order valence-corrected chi connectivity index (χ2v) is 5.39. The normalized spacial score (nSPS) is 10.3. The molecule has 0 aliphatic carbocycles. The van der Waals surface area contributed by atoms with E-state index < -0.39 is 6.09 Å². The number of benzene rings is 2. The number of rotatable bonds is 7. The summed E-state index contributed by atoms with van der Waals surface area (Å²) in [4.78, 5) is 13.3. The molecule has 2 aromatic rings. The van der Waals surface area contributed by atoms with E-state index >= 15 is 0 Å². The van der Waals surface area contributed by atoms with Crippen molar-refractivity contribution in [3.05, 3.63) is 54.1 Å². The Kier molecular flexibility index (Phi) is 8.30. The summed E-state index contributed by atoms with van der Waals surface area (Å²) in [5.41, 5.74) is 3.77. The highest BCUT2D eigenvalue weighted by atomic mass is 35.5. The number of carbonyl (C=O) groups is 1. The van der Waals surface area contributed by atoms with Crippen molar-refractivity contribution in [2.45, 2.75) is 20.3 Å². The lowest BCUT2D eigenvalue weighted by molar-refractivity contribution is -0.242. The van der Waals surface area contributed by atoms with Crippen LogP contribution in [0.4, 0.5) is 10.5 Å². The number of carbonyl (C=O) groups excluding carboxylic acids is 1. The van der Waals surface area contributed by atoms with Crippen LogP contribution in [-0.4, -0.2) is 30.6 Å². The molecule has 0 atom stereocenters. The van der Waals surface area contributed by atoms with Gasteiger partial charge in [-0.3, -0.25) is 0 Å². The molecule has 2 rings (SSSR count). The molecular weight excluding hydrogens is 324 g/mol. The number of carboxylic acid groups (broad SMARTS) is 1. The molecular formula is C19H24ClN2O2-. The second kappa shape index (κ2) is 9.96. The minimum atomic E-state index is -1.28. The standard InChI is InChI=1S/C19H24N2O2.ClH/c1-3-21(4-2)14-13-17-16(15-9-6-5-7-10-15)11-8-12-18(17)20-19(22)23;/h5-12,20H,3-4,13-14H2,1-2H3,(H,22,23);1H/p-1. The molecule has 5 heteroatoms. The zero-order valence-electron chi connectivity index (χ0n) is 14.1. The van der Waals surface area contributed by atoms with Gasteiger partial charge in [-0.25, -0.2) is 0 Å². The van der Waals surface area contributed by atoms with Gasteiger partial charge in [-0.2, -0.15) is 0 Å². The van der Waals surface area contributed by atoms with Crippen LogP contribution in [0.25, 0.3) is 11.1 Å². The van der Waals surface area contributed by atoms with Crippen molar-refractivity contribution >= 4 is 24.2 Å². The van der Waals surface area contributed by atoms with Gasteiger partial charge in [-0.1, -0.05) is 56.3 Å². The molecule has 0 heterocycles. The van der Waals surface area contributed by atoms with E-state index in [2.05, 4.69) is 24.1 Å². The molecule has 1 amide bonds. The van der Waals surface area contributed by atoms with E-state index in [9.17, 15) is 9.90 Å². The Hall–Kier alpha value is -2.04. The van der Waals surface area contributed by atoms with Crippen LogP contribution in [0.2, 0.25) is 0 Å². The molecule has 4 nitrogen and oxygen atoms in total. The fourth-order valence-electron chi connectivity index (χ4n) is 2.78. The van der Waals surface area contributed by atoms with Gasteiger partial charge in [0, 0.05) is 12.2 Å². The van der Waals surface area contributed by atoms with Crippen LogP contribution >= 0.6 is 12.4 Å². The highest BCUT2D eigenvalue weighted by Crippen LogP contribution is 2.30. The summed E-state index contributed by atoms with van der Waals surface area (Å²) in [5, 5.41) is 13.4. The van der Waals surface area contributed by atoms with Crippen molar-refractivity contribution in [1.29, 1.82) is 0 Å². The van der Waals surface area contributed by atoms with Gasteiger partial charge in [0.25, 0.3) is 0 Å². The fraction of sp³-hybridized carbons (Fsp3) is 0.316. The van der Waals surface area contributed by atoms with Crippen molar-refractivity contribution in [2.75, 3.05) is 25.0 Å². The van der Waals surface area contributed by atoms with Gasteiger partial charge < -0.3 is 20.1 Å². The molecule has 2 aromatic carbocycles. The zero-order valence-corrected chi connectivity index (χ0v) is 14.9. The number of likely N-dealkylation sites (N-methyl/N-ethyl adjacent to an activating group) is 1. The van der Waals surface area contributed by atoms with E-state index in [0.29, 0.717) is 5.69 Å². The lowest BCUT2D eigenvalue weighted by Gasteiger charge is -2.21. The van der Waals surface area contributed by atoms with E-state index in [1.54, 1.807) is 6.07 Å². The topological polar surface area (TPSA) is 55.4 Å². The Morgan fingerprint density at radius 2 is 1.71 bits per heavy atom. The van der Waals surface area contributed by atoms with Crippen LogP contribution in [0, 0.1) is 0 Å². The van der Waals surface area contributed by atoms with Crippen molar-refractivity contribution in [3.63, 3.8) is 0 Å². The van der Waals surface area contributed by atoms with Crippen molar-refractivity contribution in [1.82, 2.24) is 4.90 Å². The van der Waals surface area contributed by atoms with Crippen LogP contribution in [0.1, 0.15) is 19.4 Å². The van der Waals surface area contributed by atoms with Gasteiger partial charge >= 0.3 is 0 Å². The largest absolute Gasteiger partial charge is 0.530 e. The highest BCUT2D eigenvalue weighted by molar-refractivity contribution is 5.86. The molecule has 130 valence electrons. The average molecular weight is 348 g/mol. The lowest BCUT2D eigenvalue weighted by atomic mass is 9.96. The number of hydrogen-bond donors (Lipinski definition) is 1. The van der Waals surface area contributed by atoms with Crippen molar-refractivity contribution in [3.8, 4) is 11.1 Å². The van der Waals surface area contributed by atoms with Gasteiger partial charge in [-0.05, 0) is 42.3 Å². The van der Waals surface area contributed by atoms with E-state index in [4.69, 9.17) is 0 Å². The predicted molar refractivity (Wildman–Crippen MR) is 99.6 cm³/mol. The summed E-state index contributed by atoms with van der Waals surface area (Å²) in [5.74, 6) is 0. The Labute approximate surface area is 149 Å². The van der Waals surface area contributed by atoms with Crippen LogP contribution in [0.3, 0.4) is 0 Å². The summed E-state index contributed by atoms with van der Waals surface area (Å²) in [7, 11) is 0. The molecule has 0 aliphatic rings. The second-order valence-electron chi connectivity index (χ2n) is 5.39. The third-order valence-corrected chi connectivity index (χ3v) is 4.07. The minimum absolute atomic E-state index is 0. The summed E-state index contributed by atoms with van der Waals surface area (Å²) in [6, 6.07) is 15.7. The summed E-state index contributed by atoms with van der Waals surface area (Å²) in [6.07, 6.45) is -0.498. The van der Waals surface area contributed by atoms with Gasteiger partial charge in [0.1, 0.15) is 6.09 Å². The van der Waals surface area contributed by atoms with E-state index in [-0.39, 0.29) is 12.4 Å². The van der Waals surface area contributed by atoms with E-state index in [1.807, 2.05) is 42.5 Å². The molecule has 1 N–H and O–H groups in total. The Bertz CT molecular complexity index is 643. The zero-order chi connectivity index (χ0) is 16.7. The van der Waals surface area contributed by atoms with Crippen molar-refractivity contribution in [2.24, 2.45) is 0 Å². The number of halogens is 1. The average Bonchev–Trinajstić information content (AvgIpc) is 2.57. The first-order valence-corrected chi connectivity index (χ1v) is 8.03. The number of anilines is 1. The van der Waals surface area contributed by atoms with Crippen molar-refractivity contribution < 1.29 is 9.90 Å². The highest BCUT2D eigenvalue weighted by Gasteiger charge is 2.11.